The minimum absolute atomic E-state index is 0.0929. The fourth-order valence-electron chi connectivity index (χ4n) is 2.75. The van der Waals surface area contributed by atoms with E-state index in [1.807, 2.05) is 23.6 Å². The van der Waals surface area contributed by atoms with Gasteiger partial charge in [0, 0.05) is 36.5 Å². The number of hydrogen-bond acceptors (Lipinski definition) is 5. The Labute approximate surface area is 134 Å². The molecule has 2 heterocycles. The summed E-state index contributed by atoms with van der Waals surface area (Å²) >= 11 is 1.61. The third kappa shape index (κ3) is 3.69. The fraction of sp³-hybridized carbons (Fsp3) is 0.438. The lowest BCUT2D eigenvalue weighted by atomic mass is 10.1. The molecule has 2 unspecified atom stereocenters. The van der Waals surface area contributed by atoms with Gasteiger partial charge in [0.2, 0.25) is 5.91 Å². The summed E-state index contributed by atoms with van der Waals surface area (Å²) in [6.07, 6.45) is 5.20. The van der Waals surface area contributed by atoms with E-state index in [4.69, 9.17) is 5.73 Å². The van der Waals surface area contributed by atoms with Crippen molar-refractivity contribution in [2.24, 2.45) is 11.7 Å². The van der Waals surface area contributed by atoms with Gasteiger partial charge in [-0.2, -0.15) is 0 Å². The third-order valence-electron chi connectivity index (χ3n) is 3.96. The van der Waals surface area contributed by atoms with Gasteiger partial charge in [-0.3, -0.25) is 9.78 Å². The number of nitrogens with zero attached hydrogens (tertiary/aromatic N) is 2. The van der Waals surface area contributed by atoms with Crippen LogP contribution in [0.4, 0.5) is 0 Å². The van der Waals surface area contributed by atoms with Crippen molar-refractivity contribution in [1.82, 2.24) is 15.3 Å². The average molecular weight is 316 g/mol. The zero-order chi connectivity index (χ0) is 15.4. The molecule has 1 fully saturated rings. The molecule has 0 radical (unpaired) electrons. The van der Waals surface area contributed by atoms with Crippen LogP contribution >= 0.6 is 11.3 Å². The molecule has 3 N–H and O–H groups in total. The minimum Gasteiger partial charge on any atom is -0.355 e. The molecular weight excluding hydrogens is 296 g/mol. The minimum atomic E-state index is 0.0929. The van der Waals surface area contributed by atoms with Crippen molar-refractivity contribution in [1.29, 1.82) is 0 Å². The predicted octanol–water partition coefficient (Wildman–Crippen LogP) is 1.99. The fourth-order valence-corrected chi connectivity index (χ4v) is 3.54. The Bertz CT molecular complexity index is 628. The Morgan fingerprint density at radius 3 is 3.00 bits per heavy atom. The van der Waals surface area contributed by atoms with Crippen molar-refractivity contribution in [2.75, 3.05) is 6.54 Å². The first kappa shape index (κ1) is 15.1. The van der Waals surface area contributed by atoms with Crippen LogP contribution in [0.1, 0.15) is 24.3 Å². The van der Waals surface area contributed by atoms with E-state index in [9.17, 15) is 4.79 Å². The number of carbonyl (C=O) groups is 1. The van der Waals surface area contributed by atoms with Crippen molar-refractivity contribution in [3.8, 4) is 11.4 Å². The van der Waals surface area contributed by atoms with E-state index in [0.29, 0.717) is 6.54 Å². The molecule has 116 valence electrons. The highest BCUT2D eigenvalue weighted by molar-refractivity contribution is 7.09. The van der Waals surface area contributed by atoms with E-state index in [-0.39, 0.29) is 17.9 Å². The molecular formula is C16H20N4OS. The highest BCUT2D eigenvalue weighted by Gasteiger charge is 2.27. The maximum atomic E-state index is 12.0. The number of carbonyl (C=O) groups excluding carboxylic acids is 1. The molecule has 2 aromatic rings. The van der Waals surface area contributed by atoms with Crippen LogP contribution in [0, 0.1) is 5.92 Å². The van der Waals surface area contributed by atoms with Crippen LogP contribution in [-0.4, -0.2) is 28.5 Å². The van der Waals surface area contributed by atoms with E-state index < -0.39 is 0 Å². The quantitative estimate of drug-likeness (QED) is 0.884. The van der Waals surface area contributed by atoms with Gasteiger partial charge in [0.05, 0.1) is 16.4 Å². The van der Waals surface area contributed by atoms with Crippen LogP contribution in [0.3, 0.4) is 0 Å². The number of thiazole rings is 1. The van der Waals surface area contributed by atoms with Gasteiger partial charge in [-0.15, -0.1) is 11.3 Å². The standard InChI is InChI=1S/C16H20N4OS/c17-12-5-4-11(9-12)16(21)19-8-6-15-20-14(10-22-15)13-3-1-2-7-18-13/h1-3,7,10-12H,4-6,8-9,17H2,(H,19,21). The zero-order valence-electron chi connectivity index (χ0n) is 12.4. The number of amides is 1. The molecule has 1 amide bonds. The van der Waals surface area contributed by atoms with Crippen LogP contribution in [-0.2, 0) is 11.2 Å². The maximum absolute atomic E-state index is 12.0. The lowest BCUT2D eigenvalue weighted by molar-refractivity contribution is -0.124. The average Bonchev–Trinajstić information content (AvgIpc) is 3.17. The summed E-state index contributed by atoms with van der Waals surface area (Å²) < 4.78 is 0. The zero-order valence-corrected chi connectivity index (χ0v) is 13.2. The van der Waals surface area contributed by atoms with Crippen molar-refractivity contribution in [3.63, 3.8) is 0 Å². The van der Waals surface area contributed by atoms with Gasteiger partial charge in [-0.05, 0) is 31.4 Å². The summed E-state index contributed by atoms with van der Waals surface area (Å²) in [7, 11) is 0. The summed E-state index contributed by atoms with van der Waals surface area (Å²) in [5.41, 5.74) is 7.63. The van der Waals surface area contributed by atoms with E-state index in [1.54, 1.807) is 17.5 Å². The smallest absolute Gasteiger partial charge is 0.223 e. The molecule has 1 aliphatic rings. The number of rotatable bonds is 5. The highest BCUT2D eigenvalue weighted by Crippen LogP contribution is 2.24. The molecule has 0 aliphatic heterocycles. The second-order valence-electron chi connectivity index (χ2n) is 5.65. The molecule has 1 saturated carbocycles. The molecule has 2 atom stereocenters. The Morgan fingerprint density at radius 2 is 2.27 bits per heavy atom. The normalized spacial score (nSPS) is 21.0. The molecule has 0 bridgehead atoms. The lowest BCUT2D eigenvalue weighted by Crippen LogP contribution is -2.31. The van der Waals surface area contributed by atoms with Crippen molar-refractivity contribution < 1.29 is 4.79 Å². The third-order valence-corrected chi connectivity index (χ3v) is 4.87. The highest BCUT2D eigenvalue weighted by atomic mass is 32.1. The van der Waals surface area contributed by atoms with Gasteiger partial charge >= 0.3 is 0 Å². The molecule has 22 heavy (non-hydrogen) atoms. The van der Waals surface area contributed by atoms with Crippen molar-refractivity contribution >= 4 is 17.2 Å². The van der Waals surface area contributed by atoms with Gasteiger partial charge in [-0.1, -0.05) is 6.07 Å². The predicted molar refractivity (Wildman–Crippen MR) is 87.4 cm³/mol. The van der Waals surface area contributed by atoms with Gasteiger partial charge < -0.3 is 11.1 Å². The Hall–Kier alpha value is -1.79. The van der Waals surface area contributed by atoms with Crippen molar-refractivity contribution in [2.45, 2.75) is 31.7 Å². The van der Waals surface area contributed by atoms with Crippen molar-refractivity contribution in [3.05, 3.63) is 34.8 Å². The summed E-state index contributed by atoms with van der Waals surface area (Å²) in [5.74, 6) is 0.227. The summed E-state index contributed by atoms with van der Waals surface area (Å²) in [4.78, 5) is 20.9. The SMILES string of the molecule is NC1CCC(C(=O)NCCc2nc(-c3ccccn3)cs2)C1. The monoisotopic (exact) mass is 316 g/mol. The summed E-state index contributed by atoms with van der Waals surface area (Å²) in [6, 6.07) is 5.98. The first-order valence-electron chi connectivity index (χ1n) is 7.61. The first-order chi connectivity index (χ1) is 10.7. The van der Waals surface area contributed by atoms with E-state index in [1.165, 1.54) is 0 Å². The van der Waals surface area contributed by atoms with E-state index in [2.05, 4.69) is 15.3 Å². The second kappa shape index (κ2) is 6.98. The van der Waals surface area contributed by atoms with Gasteiger partial charge in [0.15, 0.2) is 0 Å². The van der Waals surface area contributed by atoms with E-state index >= 15 is 0 Å². The van der Waals surface area contributed by atoms with Gasteiger partial charge in [-0.25, -0.2) is 4.98 Å². The molecule has 1 aliphatic carbocycles. The topological polar surface area (TPSA) is 80.9 Å². The van der Waals surface area contributed by atoms with E-state index in [0.717, 1.165) is 42.1 Å². The molecule has 3 rings (SSSR count). The number of hydrogen-bond donors (Lipinski definition) is 2. The molecule has 0 spiro atoms. The Morgan fingerprint density at radius 1 is 1.36 bits per heavy atom. The van der Waals surface area contributed by atoms with Crippen LogP contribution in [0.2, 0.25) is 0 Å². The number of nitrogens with two attached hydrogens (primary N) is 1. The number of pyridine rings is 1. The largest absolute Gasteiger partial charge is 0.355 e. The van der Waals surface area contributed by atoms with Crippen LogP contribution in [0.5, 0.6) is 0 Å². The van der Waals surface area contributed by atoms with Crippen LogP contribution in [0.25, 0.3) is 11.4 Å². The second-order valence-corrected chi connectivity index (χ2v) is 6.60. The molecule has 0 saturated heterocycles. The molecule has 0 aromatic carbocycles. The van der Waals surface area contributed by atoms with Gasteiger partial charge in [0.25, 0.3) is 0 Å². The first-order valence-corrected chi connectivity index (χ1v) is 8.49. The molecule has 6 heteroatoms. The van der Waals surface area contributed by atoms with Gasteiger partial charge in [0.1, 0.15) is 0 Å². The maximum Gasteiger partial charge on any atom is 0.223 e. The van der Waals surface area contributed by atoms with Crippen LogP contribution < -0.4 is 11.1 Å². The summed E-state index contributed by atoms with van der Waals surface area (Å²) in [6.45, 7) is 0.625. The Balaban J connectivity index is 1.48. The summed E-state index contributed by atoms with van der Waals surface area (Å²) in [5, 5.41) is 6.03. The Kier molecular flexibility index (Phi) is 4.80. The lowest BCUT2D eigenvalue weighted by Gasteiger charge is -2.09. The van der Waals surface area contributed by atoms with Crippen LogP contribution in [0.15, 0.2) is 29.8 Å². The number of aromatic nitrogens is 2. The molecule has 5 nitrogen and oxygen atoms in total. The number of nitrogens with one attached hydrogen (secondary N) is 1. The molecule has 2 aromatic heterocycles.